The fourth-order valence-corrected chi connectivity index (χ4v) is 4.44. The molecule has 0 saturated heterocycles. The third-order valence-electron chi connectivity index (χ3n) is 5.13. The minimum Gasteiger partial charge on any atom is -0.467 e. The Labute approximate surface area is 165 Å². The highest BCUT2D eigenvalue weighted by Crippen LogP contribution is 2.41. The van der Waals surface area contributed by atoms with E-state index in [1.807, 2.05) is 48.5 Å². The summed E-state index contributed by atoms with van der Waals surface area (Å²) >= 11 is 3.51. The van der Waals surface area contributed by atoms with Crippen LogP contribution in [0.4, 0.5) is 0 Å². The van der Waals surface area contributed by atoms with Gasteiger partial charge in [0.1, 0.15) is 6.04 Å². The molecule has 0 bridgehead atoms. The van der Waals surface area contributed by atoms with E-state index < -0.39 is 12.0 Å². The number of carbonyl (C=O) groups excluding carboxylic acids is 2. The summed E-state index contributed by atoms with van der Waals surface area (Å²) in [5.41, 5.74) is 3.94. The maximum absolute atomic E-state index is 12.6. The molecule has 0 spiro atoms. The smallest absolute Gasteiger partial charge is 0.328 e. The maximum atomic E-state index is 12.6. The second kappa shape index (κ2) is 6.85. The topological polar surface area (TPSA) is 62.4 Å². The summed E-state index contributed by atoms with van der Waals surface area (Å²) in [4.78, 5) is 30.3. The molecular weight excluding hydrogens is 408 g/mol. The predicted molar refractivity (Wildman–Crippen MR) is 106 cm³/mol. The van der Waals surface area contributed by atoms with Crippen molar-refractivity contribution in [3.63, 3.8) is 0 Å². The van der Waals surface area contributed by atoms with Crippen LogP contribution in [0.15, 0.2) is 53.0 Å². The normalized spacial score (nSPS) is 19.0. The fourth-order valence-electron chi connectivity index (χ4n) is 4.02. The number of aromatic nitrogens is 1. The van der Waals surface area contributed by atoms with Crippen LogP contribution in [0.2, 0.25) is 0 Å². The van der Waals surface area contributed by atoms with Crippen molar-refractivity contribution >= 4 is 38.7 Å². The van der Waals surface area contributed by atoms with Crippen LogP contribution in [0.3, 0.4) is 0 Å². The first kappa shape index (κ1) is 17.8. The lowest BCUT2D eigenvalue weighted by molar-refractivity contribution is -0.154. The molecule has 1 aliphatic heterocycles. The number of amides is 1. The summed E-state index contributed by atoms with van der Waals surface area (Å²) in [7, 11) is 1.36. The Bertz CT molecular complexity index is 1040. The number of halogens is 1. The molecule has 0 unspecified atom stereocenters. The van der Waals surface area contributed by atoms with Crippen LogP contribution in [0, 0.1) is 0 Å². The van der Waals surface area contributed by atoms with Gasteiger partial charge in [-0.15, -0.1) is 0 Å². The van der Waals surface area contributed by atoms with Gasteiger partial charge in [0.05, 0.1) is 13.2 Å². The highest BCUT2D eigenvalue weighted by atomic mass is 79.9. The first-order valence-electron chi connectivity index (χ1n) is 8.73. The Balaban J connectivity index is 1.99. The van der Waals surface area contributed by atoms with Crippen molar-refractivity contribution in [2.45, 2.75) is 25.4 Å². The maximum Gasteiger partial charge on any atom is 0.328 e. The standard InChI is InChI=1S/C21H19BrN2O3/c1-12(25)24-18(21(26)27-2)11-16-15-8-3-4-9-17(15)23-19(16)20(24)13-6-5-7-14(22)10-13/h3-10,18,20,23H,11H2,1-2H3/t18-,20-/m0/s1. The van der Waals surface area contributed by atoms with Gasteiger partial charge in [0.15, 0.2) is 0 Å². The van der Waals surface area contributed by atoms with Crippen molar-refractivity contribution in [3.05, 3.63) is 69.8 Å². The van der Waals surface area contributed by atoms with Crippen LogP contribution in [-0.2, 0) is 20.7 Å². The Kier molecular flexibility index (Phi) is 4.52. The van der Waals surface area contributed by atoms with Crippen LogP contribution < -0.4 is 0 Å². The first-order chi connectivity index (χ1) is 13.0. The molecule has 0 saturated carbocycles. The zero-order valence-electron chi connectivity index (χ0n) is 15.0. The second-order valence-electron chi connectivity index (χ2n) is 6.69. The fraction of sp³-hybridized carbons (Fsp3) is 0.238. The van der Waals surface area contributed by atoms with E-state index in [1.165, 1.54) is 14.0 Å². The van der Waals surface area contributed by atoms with Crippen molar-refractivity contribution in [3.8, 4) is 0 Å². The number of H-pyrrole nitrogens is 1. The van der Waals surface area contributed by atoms with Gasteiger partial charge in [0.2, 0.25) is 5.91 Å². The summed E-state index contributed by atoms with van der Waals surface area (Å²) < 4.78 is 5.95. The molecule has 4 rings (SSSR count). The van der Waals surface area contributed by atoms with Gasteiger partial charge in [-0.3, -0.25) is 4.79 Å². The summed E-state index contributed by atoms with van der Waals surface area (Å²) in [6.07, 6.45) is 0.427. The van der Waals surface area contributed by atoms with Gasteiger partial charge in [-0.25, -0.2) is 4.79 Å². The lowest BCUT2D eigenvalue weighted by atomic mass is 9.88. The van der Waals surface area contributed by atoms with Crippen LogP contribution in [0.1, 0.15) is 29.8 Å². The minimum atomic E-state index is -0.664. The van der Waals surface area contributed by atoms with Gasteiger partial charge in [-0.1, -0.05) is 46.3 Å². The molecule has 0 fully saturated rings. The number of aromatic amines is 1. The summed E-state index contributed by atoms with van der Waals surface area (Å²) in [6.45, 7) is 1.49. The highest BCUT2D eigenvalue weighted by molar-refractivity contribution is 9.10. The summed E-state index contributed by atoms with van der Waals surface area (Å²) in [5, 5.41) is 1.07. The Hall–Kier alpha value is -2.60. The second-order valence-corrected chi connectivity index (χ2v) is 7.61. The number of ether oxygens (including phenoxy) is 1. The number of hydrogen-bond acceptors (Lipinski definition) is 3. The average molecular weight is 427 g/mol. The zero-order valence-corrected chi connectivity index (χ0v) is 16.6. The van der Waals surface area contributed by atoms with Gasteiger partial charge < -0.3 is 14.6 Å². The van der Waals surface area contributed by atoms with Crippen LogP contribution in [-0.4, -0.2) is 34.9 Å². The number of carbonyl (C=O) groups is 2. The number of nitrogens with zero attached hydrogens (tertiary/aromatic N) is 1. The Morgan fingerprint density at radius 1 is 1.19 bits per heavy atom. The number of rotatable bonds is 2. The number of esters is 1. The molecule has 3 aromatic rings. The van der Waals surface area contributed by atoms with E-state index in [0.29, 0.717) is 6.42 Å². The molecule has 1 aromatic heterocycles. The average Bonchev–Trinajstić information content (AvgIpc) is 3.04. The van der Waals surface area contributed by atoms with E-state index >= 15 is 0 Å². The number of methoxy groups -OCH3 is 1. The number of fused-ring (bicyclic) bond motifs is 3. The molecule has 6 heteroatoms. The lowest BCUT2D eigenvalue weighted by Gasteiger charge is -2.40. The van der Waals surface area contributed by atoms with Crippen molar-refractivity contribution in [2.24, 2.45) is 0 Å². The van der Waals surface area contributed by atoms with Crippen LogP contribution in [0.5, 0.6) is 0 Å². The van der Waals surface area contributed by atoms with E-state index in [4.69, 9.17) is 4.74 Å². The lowest BCUT2D eigenvalue weighted by Crippen LogP contribution is -2.51. The molecule has 138 valence electrons. The van der Waals surface area contributed by atoms with Crippen LogP contribution >= 0.6 is 15.9 Å². The largest absolute Gasteiger partial charge is 0.467 e. The zero-order chi connectivity index (χ0) is 19.1. The number of para-hydroxylation sites is 1. The molecule has 0 aliphatic carbocycles. The quantitative estimate of drug-likeness (QED) is 0.630. The van der Waals surface area contributed by atoms with Gasteiger partial charge in [0.25, 0.3) is 0 Å². The van der Waals surface area contributed by atoms with E-state index in [0.717, 1.165) is 32.2 Å². The molecule has 2 aromatic carbocycles. The predicted octanol–water partition coefficient (Wildman–Crippen LogP) is 3.97. The van der Waals surface area contributed by atoms with Crippen LogP contribution in [0.25, 0.3) is 10.9 Å². The van der Waals surface area contributed by atoms with Gasteiger partial charge >= 0.3 is 5.97 Å². The highest BCUT2D eigenvalue weighted by Gasteiger charge is 2.42. The van der Waals surface area contributed by atoms with E-state index in [9.17, 15) is 9.59 Å². The Morgan fingerprint density at radius 3 is 2.67 bits per heavy atom. The molecule has 1 amide bonds. The van der Waals surface area contributed by atoms with Gasteiger partial charge in [-0.2, -0.15) is 0 Å². The first-order valence-corrected chi connectivity index (χ1v) is 9.52. The van der Waals surface area contributed by atoms with E-state index in [-0.39, 0.29) is 11.9 Å². The molecule has 1 N–H and O–H groups in total. The van der Waals surface area contributed by atoms with Crippen molar-refractivity contribution in [2.75, 3.05) is 7.11 Å². The summed E-state index contributed by atoms with van der Waals surface area (Å²) in [5.74, 6) is -0.569. The third kappa shape index (κ3) is 2.94. The summed E-state index contributed by atoms with van der Waals surface area (Å²) in [6, 6.07) is 14.8. The molecule has 1 aliphatic rings. The molecule has 0 radical (unpaired) electrons. The SMILES string of the molecule is COC(=O)[C@@H]1Cc2c([nH]c3ccccc23)[C@H](c2cccc(Br)c2)N1C(C)=O. The van der Waals surface area contributed by atoms with Gasteiger partial charge in [0, 0.05) is 34.4 Å². The van der Waals surface area contributed by atoms with E-state index in [2.05, 4.69) is 20.9 Å². The number of benzene rings is 2. The van der Waals surface area contributed by atoms with Crippen molar-refractivity contribution < 1.29 is 14.3 Å². The monoisotopic (exact) mass is 426 g/mol. The molecule has 27 heavy (non-hydrogen) atoms. The Morgan fingerprint density at radius 2 is 1.96 bits per heavy atom. The number of nitrogens with one attached hydrogen (secondary N) is 1. The molecular formula is C21H19BrN2O3. The van der Waals surface area contributed by atoms with Gasteiger partial charge in [-0.05, 0) is 29.3 Å². The molecule has 2 heterocycles. The molecule has 2 atom stereocenters. The van der Waals surface area contributed by atoms with Crippen molar-refractivity contribution in [1.82, 2.24) is 9.88 Å². The van der Waals surface area contributed by atoms with E-state index in [1.54, 1.807) is 4.90 Å². The van der Waals surface area contributed by atoms with Crippen molar-refractivity contribution in [1.29, 1.82) is 0 Å². The molecule has 5 nitrogen and oxygen atoms in total. The minimum absolute atomic E-state index is 0.167. The third-order valence-corrected chi connectivity index (χ3v) is 5.63. The number of hydrogen-bond donors (Lipinski definition) is 1.